The fraction of sp³-hybridized carbons (Fsp3) is 0.154. The van der Waals surface area contributed by atoms with Gasteiger partial charge in [-0.2, -0.15) is 0 Å². The predicted molar refractivity (Wildman–Crippen MR) is 87.1 cm³/mol. The molecule has 0 aliphatic carbocycles. The number of benzene rings is 1. The minimum absolute atomic E-state index is 0.0574. The number of aromatic nitrogens is 2. The van der Waals surface area contributed by atoms with E-state index in [1.807, 2.05) is 0 Å². The molecule has 1 amide bonds. The van der Waals surface area contributed by atoms with E-state index in [9.17, 15) is 17.6 Å². The van der Waals surface area contributed by atoms with Gasteiger partial charge in [-0.3, -0.25) is 14.8 Å². The van der Waals surface area contributed by atoms with Crippen LogP contribution in [0.1, 0.15) is 12.5 Å². The Labute approximate surface area is 136 Å². The van der Waals surface area contributed by atoms with Crippen LogP contribution < -0.4 is 10.0 Å². The van der Waals surface area contributed by atoms with Crippen molar-refractivity contribution in [2.75, 3.05) is 16.3 Å². The number of hydrogen-bond acceptors (Lipinski definition) is 6. The number of anilines is 2. The van der Waals surface area contributed by atoms with Crippen molar-refractivity contribution in [3.05, 3.63) is 41.7 Å². The van der Waals surface area contributed by atoms with E-state index in [1.165, 1.54) is 18.2 Å². The zero-order chi connectivity index (χ0) is 17.0. The standard InChI is InChI=1S/C13H13FN4O3S2/c1-8(9-3-5-10(14)6-4-9)7-11(19)15-12-16-17-13(22-12)18-23(2,20)21/h3-7H,1-2H3,(H,17,18)(H,15,16,19)/b8-7+. The number of allylic oxidation sites excluding steroid dienone is 1. The van der Waals surface area contributed by atoms with Gasteiger partial charge in [0.15, 0.2) is 0 Å². The van der Waals surface area contributed by atoms with Crippen molar-refractivity contribution in [3.63, 3.8) is 0 Å². The SMILES string of the molecule is C/C(=C\C(=O)Nc1nnc(NS(C)(=O)=O)s1)c1ccc(F)cc1. The van der Waals surface area contributed by atoms with E-state index in [4.69, 9.17) is 0 Å². The smallest absolute Gasteiger partial charge is 0.250 e. The maximum Gasteiger partial charge on any atom is 0.250 e. The van der Waals surface area contributed by atoms with Gasteiger partial charge in [0.05, 0.1) is 6.26 Å². The fourth-order valence-corrected chi connectivity index (χ4v) is 3.08. The summed E-state index contributed by atoms with van der Waals surface area (Å²) in [5, 5.41) is 9.96. The zero-order valence-electron chi connectivity index (χ0n) is 12.2. The van der Waals surface area contributed by atoms with Gasteiger partial charge in [-0.1, -0.05) is 23.5 Å². The number of sulfonamides is 1. The minimum atomic E-state index is -3.45. The van der Waals surface area contributed by atoms with Crippen molar-refractivity contribution in [3.8, 4) is 0 Å². The lowest BCUT2D eigenvalue weighted by atomic mass is 10.1. The van der Waals surface area contributed by atoms with E-state index in [-0.39, 0.29) is 16.1 Å². The Kier molecular flexibility index (Phi) is 5.06. The van der Waals surface area contributed by atoms with Crippen molar-refractivity contribution in [2.24, 2.45) is 0 Å². The average Bonchev–Trinajstić information content (AvgIpc) is 2.84. The van der Waals surface area contributed by atoms with Crippen LogP contribution in [0.3, 0.4) is 0 Å². The molecular weight excluding hydrogens is 343 g/mol. The second-order valence-corrected chi connectivity index (χ2v) is 7.34. The third kappa shape index (κ3) is 5.42. The highest BCUT2D eigenvalue weighted by Gasteiger charge is 2.10. The molecule has 0 atom stereocenters. The van der Waals surface area contributed by atoms with Crippen molar-refractivity contribution >= 4 is 43.1 Å². The summed E-state index contributed by atoms with van der Waals surface area (Å²) >= 11 is 0.890. The van der Waals surface area contributed by atoms with Crippen LogP contribution in [0, 0.1) is 5.82 Å². The number of amides is 1. The molecule has 2 rings (SSSR count). The van der Waals surface area contributed by atoms with Crippen molar-refractivity contribution in [1.29, 1.82) is 0 Å². The molecule has 0 radical (unpaired) electrons. The molecule has 0 fully saturated rings. The first kappa shape index (κ1) is 17.0. The van der Waals surface area contributed by atoms with Gasteiger partial charge in [0, 0.05) is 6.08 Å². The number of halogens is 1. The predicted octanol–water partition coefficient (Wildman–Crippen LogP) is 2.09. The quantitative estimate of drug-likeness (QED) is 0.799. The van der Waals surface area contributed by atoms with Crippen LogP contribution in [-0.4, -0.2) is 30.8 Å². The molecule has 0 saturated heterocycles. The summed E-state index contributed by atoms with van der Waals surface area (Å²) in [5.74, 6) is -0.806. The average molecular weight is 356 g/mol. The maximum atomic E-state index is 12.9. The summed E-state index contributed by atoms with van der Waals surface area (Å²) in [6.07, 6.45) is 2.32. The first-order valence-electron chi connectivity index (χ1n) is 6.29. The van der Waals surface area contributed by atoms with Crippen LogP contribution in [0.25, 0.3) is 5.57 Å². The van der Waals surface area contributed by atoms with Crippen LogP contribution in [-0.2, 0) is 14.8 Å². The van der Waals surface area contributed by atoms with Crippen LogP contribution in [0.2, 0.25) is 0 Å². The Morgan fingerprint density at radius 2 is 1.83 bits per heavy atom. The fourth-order valence-electron chi connectivity index (χ4n) is 1.61. The van der Waals surface area contributed by atoms with Crippen LogP contribution in [0.5, 0.6) is 0 Å². The van der Waals surface area contributed by atoms with Gasteiger partial charge in [-0.05, 0) is 30.2 Å². The number of rotatable bonds is 5. The normalized spacial score (nSPS) is 12.0. The number of carbonyl (C=O) groups excluding carboxylic acids is 1. The van der Waals surface area contributed by atoms with E-state index in [0.717, 1.165) is 17.6 Å². The van der Waals surface area contributed by atoms with E-state index < -0.39 is 15.9 Å². The molecule has 2 N–H and O–H groups in total. The second kappa shape index (κ2) is 6.84. The van der Waals surface area contributed by atoms with Gasteiger partial charge < -0.3 is 0 Å². The molecule has 1 heterocycles. The molecule has 0 unspecified atom stereocenters. The number of nitrogens with one attached hydrogen (secondary N) is 2. The molecule has 1 aromatic carbocycles. The summed E-state index contributed by atoms with van der Waals surface area (Å²) in [5.41, 5.74) is 1.35. The number of hydrogen-bond donors (Lipinski definition) is 2. The first-order valence-corrected chi connectivity index (χ1v) is 9.00. The van der Waals surface area contributed by atoms with Crippen molar-refractivity contribution in [2.45, 2.75) is 6.92 Å². The number of nitrogens with zero attached hydrogens (tertiary/aromatic N) is 2. The van der Waals surface area contributed by atoms with Crippen LogP contribution >= 0.6 is 11.3 Å². The van der Waals surface area contributed by atoms with Gasteiger partial charge in [0.1, 0.15) is 5.82 Å². The van der Waals surface area contributed by atoms with E-state index >= 15 is 0 Å². The molecule has 0 bridgehead atoms. The minimum Gasteiger partial charge on any atom is -0.297 e. The molecular formula is C13H13FN4O3S2. The van der Waals surface area contributed by atoms with Crippen molar-refractivity contribution in [1.82, 2.24) is 10.2 Å². The molecule has 0 aliphatic rings. The number of carbonyl (C=O) groups is 1. The first-order chi connectivity index (χ1) is 10.7. The highest BCUT2D eigenvalue weighted by atomic mass is 32.2. The summed E-state index contributed by atoms with van der Waals surface area (Å²) in [4.78, 5) is 11.9. The Morgan fingerprint density at radius 1 is 1.22 bits per heavy atom. The van der Waals surface area contributed by atoms with Crippen LogP contribution in [0.4, 0.5) is 14.7 Å². The Bertz CT molecular complexity index is 844. The third-order valence-electron chi connectivity index (χ3n) is 2.58. The lowest BCUT2D eigenvalue weighted by molar-refractivity contribution is -0.111. The summed E-state index contributed by atoms with van der Waals surface area (Å²) in [6.45, 7) is 1.71. The molecule has 0 aliphatic heterocycles. The molecule has 0 saturated carbocycles. The lowest BCUT2D eigenvalue weighted by Crippen LogP contribution is -2.09. The molecule has 0 spiro atoms. The van der Waals surface area contributed by atoms with Gasteiger partial charge in [0.25, 0.3) is 0 Å². The molecule has 1 aromatic heterocycles. The van der Waals surface area contributed by atoms with Gasteiger partial charge >= 0.3 is 0 Å². The van der Waals surface area contributed by atoms with Gasteiger partial charge in [-0.25, -0.2) is 12.8 Å². The summed E-state index contributed by atoms with van der Waals surface area (Å²) in [7, 11) is -3.45. The summed E-state index contributed by atoms with van der Waals surface area (Å²) in [6, 6.07) is 5.73. The van der Waals surface area contributed by atoms with Gasteiger partial charge in [-0.15, -0.1) is 10.2 Å². The molecule has 7 nitrogen and oxygen atoms in total. The largest absolute Gasteiger partial charge is 0.297 e. The highest BCUT2D eigenvalue weighted by molar-refractivity contribution is 7.92. The van der Waals surface area contributed by atoms with E-state index in [1.54, 1.807) is 19.1 Å². The molecule has 10 heteroatoms. The molecule has 2 aromatic rings. The highest BCUT2D eigenvalue weighted by Crippen LogP contribution is 2.21. The maximum absolute atomic E-state index is 12.9. The Balaban J connectivity index is 2.04. The van der Waals surface area contributed by atoms with E-state index in [2.05, 4.69) is 20.2 Å². The molecule has 122 valence electrons. The van der Waals surface area contributed by atoms with Crippen LogP contribution in [0.15, 0.2) is 30.3 Å². The Morgan fingerprint density at radius 3 is 2.43 bits per heavy atom. The zero-order valence-corrected chi connectivity index (χ0v) is 13.8. The Hall–Kier alpha value is -2.33. The monoisotopic (exact) mass is 356 g/mol. The van der Waals surface area contributed by atoms with Gasteiger partial charge in [0.2, 0.25) is 26.2 Å². The second-order valence-electron chi connectivity index (χ2n) is 4.61. The topological polar surface area (TPSA) is 101 Å². The third-order valence-corrected chi connectivity index (χ3v) is 4.02. The lowest BCUT2D eigenvalue weighted by Gasteiger charge is -2.01. The summed E-state index contributed by atoms with van der Waals surface area (Å²) < 4.78 is 37.1. The molecule has 23 heavy (non-hydrogen) atoms. The van der Waals surface area contributed by atoms with Crippen molar-refractivity contribution < 1.29 is 17.6 Å². The van der Waals surface area contributed by atoms with E-state index in [0.29, 0.717) is 11.1 Å².